The number of carbonyl (C=O) groups excluding carboxylic acids is 3. The maximum absolute atomic E-state index is 12.4. The fourth-order valence-electron chi connectivity index (χ4n) is 2.41. The predicted molar refractivity (Wildman–Crippen MR) is 80.4 cm³/mol. The first-order valence-electron chi connectivity index (χ1n) is 7.16. The van der Waals surface area contributed by atoms with Crippen molar-refractivity contribution in [2.75, 3.05) is 27.2 Å². The van der Waals surface area contributed by atoms with Gasteiger partial charge in [-0.1, -0.05) is 12.1 Å². The van der Waals surface area contributed by atoms with E-state index in [1.54, 1.807) is 24.3 Å². The molecule has 6 heteroatoms. The second kappa shape index (κ2) is 6.70. The summed E-state index contributed by atoms with van der Waals surface area (Å²) in [6, 6.07) is 6.72. The molecule has 0 saturated carbocycles. The van der Waals surface area contributed by atoms with Gasteiger partial charge in [-0.3, -0.25) is 19.3 Å². The summed E-state index contributed by atoms with van der Waals surface area (Å²) in [5, 5.41) is 0. The molecular formula is C16H20N2O4. The Hall–Kier alpha value is -2.21. The van der Waals surface area contributed by atoms with Crippen LogP contribution in [0.4, 0.5) is 0 Å². The summed E-state index contributed by atoms with van der Waals surface area (Å²) in [6.45, 7) is 2.39. The quantitative estimate of drug-likeness (QED) is 0.461. The summed E-state index contributed by atoms with van der Waals surface area (Å²) in [7, 11) is 3.80. The zero-order valence-electron chi connectivity index (χ0n) is 13.0. The largest absolute Gasteiger partial charge is 0.427 e. The molecular weight excluding hydrogens is 284 g/mol. The molecule has 1 heterocycles. The molecule has 1 aromatic carbocycles. The molecule has 6 nitrogen and oxygen atoms in total. The van der Waals surface area contributed by atoms with Crippen molar-refractivity contribution in [1.82, 2.24) is 9.80 Å². The standard InChI is InChI=1S/C16H20N2O4/c1-11(19)22-13-6-4-12(5-7-13)14-10-15(20)18(16(14)21)9-8-17(2)3/h4-7,14H,8-10H2,1-3H3. The van der Waals surface area contributed by atoms with Gasteiger partial charge < -0.3 is 9.64 Å². The van der Waals surface area contributed by atoms with Crippen LogP contribution in [0, 0.1) is 0 Å². The molecule has 1 aliphatic heterocycles. The van der Waals surface area contributed by atoms with Crippen molar-refractivity contribution in [3.05, 3.63) is 29.8 Å². The first-order chi connectivity index (χ1) is 10.4. The van der Waals surface area contributed by atoms with Crippen molar-refractivity contribution in [2.45, 2.75) is 19.3 Å². The highest BCUT2D eigenvalue weighted by Gasteiger charge is 2.38. The molecule has 0 aromatic heterocycles. The molecule has 0 aliphatic carbocycles. The van der Waals surface area contributed by atoms with Crippen molar-refractivity contribution < 1.29 is 19.1 Å². The van der Waals surface area contributed by atoms with Crippen molar-refractivity contribution in [3.63, 3.8) is 0 Å². The van der Waals surface area contributed by atoms with Crippen molar-refractivity contribution in [2.24, 2.45) is 0 Å². The number of nitrogens with zero attached hydrogens (tertiary/aromatic N) is 2. The number of amides is 2. The normalized spacial score (nSPS) is 18.2. The number of imide groups is 1. The summed E-state index contributed by atoms with van der Waals surface area (Å²) in [6.07, 6.45) is 0.194. The second-order valence-corrected chi connectivity index (χ2v) is 5.61. The molecule has 0 radical (unpaired) electrons. The van der Waals surface area contributed by atoms with E-state index in [4.69, 9.17) is 4.74 Å². The van der Waals surface area contributed by atoms with Gasteiger partial charge in [-0.2, -0.15) is 0 Å². The lowest BCUT2D eigenvalue weighted by atomic mass is 9.97. The average molecular weight is 304 g/mol. The van der Waals surface area contributed by atoms with Gasteiger partial charge in [-0.15, -0.1) is 0 Å². The van der Waals surface area contributed by atoms with Crippen LogP contribution in [0.3, 0.4) is 0 Å². The van der Waals surface area contributed by atoms with Crippen LogP contribution in [-0.4, -0.2) is 54.8 Å². The van der Waals surface area contributed by atoms with E-state index in [2.05, 4.69) is 0 Å². The smallest absolute Gasteiger partial charge is 0.308 e. The first-order valence-corrected chi connectivity index (χ1v) is 7.16. The summed E-state index contributed by atoms with van der Waals surface area (Å²) in [5.74, 6) is -0.707. The van der Waals surface area contributed by atoms with E-state index >= 15 is 0 Å². The molecule has 118 valence electrons. The number of esters is 1. The highest BCUT2D eigenvalue weighted by molar-refractivity contribution is 6.06. The summed E-state index contributed by atoms with van der Waals surface area (Å²) in [4.78, 5) is 38.5. The summed E-state index contributed by atoms with van der Waals surface area (Å²) >= 11 is 0. The fourth-order valence-corrected chi connectivity index (χ4v) is 2.41. The fraction of sp³-hybridized carbons (Fsp3) is 0.438. The van der Waals surface area contributed by atoms with Gasteiger partial charge in [0, 0.05) is 26.4 Å². The van der Waals surface area contributed by atoms with Gasteiger partial charge >= 0.3 is 5.97 Å². The Balaban J connectivity index is 2.08. The molecule has 2 rings (SSSR count). The van der Waals surface area contributed by atoms with Crippen LogP contribution in [0.25, 0.3) is 0 Å². The molecule has 1 saturated heterocycles. The predicted octanol–water partition coefficient (Wildman–Crippen LogP) is 1.02. The average Bonchev–Trinajstić information content (AvgIpc) is 2.72. The monoisotopic (exact) mass is 304 g/mol. The number of hydrogen-bond acceptors (Lipinski definition) is 5. The Labute approximate surface area is 129 Å². The van der Waals surface area contributed by atoms with Crippen molar-refractivity contribution >= 4 is 17.8 Å². The van der Waals surface area contributed by atoms with Gasteiger partial charge in [0.15, 0.2) is 0 Å². The minimum absolute atomic E-state index is 0.138. The zero-order valence-corrected chi connectivity index (χ0v) is 13.0. The number of hydrogen-bond donors (Lipinski definition) is 0. The lowest BCUT2D eigenvalue weighted by Crippen LogP contribution is -2.36. The van der Waals surface area contributed by atoms with Crippen LogP contribution >= 0.6 is 0 Å². The molecule has 1 atom stereocenters. The van der Waals surface area contributed by atoms with E-state index in [1.807, 2.05) is 19.0 Å². The molecule has 22 heavy (non-hydrogen) atoms. The lowest BCUT2D eigenvalue weighted by Gasteiger charge is -2.17. The van der Waals surface area contributed by atoms with E-state index in [1.165, 1.54) is 11.8 Å². The van der Waals surface area contributed by atoms with Crippen molar-refractivity contribution in [3.8, 4) is 5.75 Å². The number of likely N-dealkylation sites (tertiary alicyclic amines) is 1. The second-order valence-electron chi connectivity index (χ2n) is 5.61. The minimum Gasteiger partial charge on any atom is -0.427 e. The Bertz CT molecular complexity index is 580. The Morgan fingerprint density at radius 2 is 1.91 bits per heavy atom. The van der Waals surface area contributed by atoms with Crippen LogP contribution in [0.1, 0.15) is 24.8 Å². The van der Waals surface area contributed by atoms with E-state index in [0.717, 1.165) is 5.56 Å². The van der Waals surface area contributed by atoms with E-state index in [0.29, 0.717) is 18.8 Å². The molecule has 1 unspecified atom stereocenters. The Morgan fingerprint density at radius 3 is 2.45 bits per heavy atom. The topological polar surface area (TPSA) is 66.9 Å². The highest BCUT2D eigenvalue weighted by Crippen LogP contribution is 2.30. The maximum Gasteiger partial charge on any atom is 0.308 e. The number of benzene rings is 1. The zero-order chi connectivity index (χ0) is 16.3. The highest BCUT2D eigenvalue weighted by atomic mass is 16.5. The van der Waals surface area contributed by atoms with Gasteiger partial charge in [-0.25, -0.2) is 0 Å². The van der Waals surface area contributed by atoms with Crippen LogP contribution < -0.4 is 4.74 Å². The molecule has 1 fully saturated rings. The molecule has 1 aliphatic rings. The third-order valence-electron chi connectivity index (χ3n) is 3.56. The van der Waals surface area contributed by atoms with E-state index < -0.39 is 11.9 Å². The molecule has 1 aromatic rings. The molecule has 0 bridgehead atoms. The van der Waals surface area contributed by atoms with Gasteiger partial charge in [0.1, 0.15) is 5.75 Å². The Kier molecular flexibility index (Phi) is 4.92. The van der Waals surface area contributed by atoms with Gasteiger partial charge in [0.05, 0.1) is 5.92 Å². The lowest BCUT2D eigenvalue weighted by molar-refractivity contribution is -0.139. The maximum atomic E-state index is 12.4. The number of ether oxygens (including phenoxy) is 1. The number of likely N-dealkylation sites (N-methyl/N-ethyl adjacent to an activating group) is 1. The molecule has 0 N–H and O–H groups in total. The molecule has 0 spiro atoms. The van der Waals surface area contributed by atoms with Crippen LogP contribution in [0.2, 0.25) is 0 Å². The third kappa shape index (κ3) is 3.71. The summed E-state index contributed by atoms with van der Waals surface area (Å²) < 4.78 is 4.96. The minimum atomic E-state index is -0.443. The van der Waals surface area contributed by atoms with E-state index in [9.17, 15) is 14.4 Å². The van der Waals surface area contributed by atoms with Crippen LogP contribution in [0.15, 0.2) is 24.3 Å². The van der Waals surface area contributed by atoms with Crippen molar-refractivity contribution in [1.29, 1.82) is 0 Å². The number of carbonyl (C=O) groups is 3. The van der Waals surface area contributed by atoms with Crippen LogP contribution in [-0.2, 0) is 14.4 Å². The SMILES string of the molecule is CC(=O)Oc1ccc(C2CC(=O)N(CCN(C)C)C2=O)cc1. The molecule has 2 amide bonds. The van der Waals surface area contributed by atoms with E-state index in [-0.39, 0.29) is 18.2 Å². The Morgan fingerprint density at radius 1 is 1.27 bits per heavy atom. The number of rotatable bonds is 5. The first kappa shape index (κ1) is 16.2. The van der Waals surface area contributed by atoms with Gasteiger partial charge in [0.2, 0.25) is 11.8 Å². The van der Waals surface area contributed by atoms with Gasteiger partial charge in [-0.05, 0) is 31.8 Å². The van der Waals surface area contributed by atoms with Crippen LogP contribution in [0.5, 0.6) is 5.75 Å². The van der Waals surface area contributed by atoms with Gasteiger partial charge in [0.25, 0.3) is 0 Å². The third-order valence-corrected chi connectivity index (χ3v) is 3.56. The summed E-state index contributed by atoms with van der Waals surface area (Å²) in [5.41, 5.74) is 0.765.